The molecule has 6 rings (SSSR count). The van der Waals surface area contributed by atoms with Crippen LogP contribution < -0.4 is 5.06 Å². The molecule has 0 aromatic heterocycles. The Balaban J connectivity index is 1.43. The maximum Gasteiger partial charge on any atom is 0.226 e. The summed E-state index contributed by atoms with van der Waals surface area (Å²) in [5.41, 5.74) is -4.04. The molecule has 1 aromatic carbocycles. The van der Waals surface area contributed by atoms with E-state index in [0.29, 0.717) is 53.9 Å². The van der Waals surface area contributed by atoms with Crippen molar-refractivity contribution in [2.45, 2.75) is 56.9 Å². The molecule has 0 radical (unpaired) electrons. The van der Waals surface area contributed by atoms with E-state index in [-0.39, 0.29) is 24.0 Å². The fraction of sp³-hybridized carbons (Fsp3) is 0.571. The van der Waals surface area contributed by atoms with E-state index in [9.17, 15) is 19.1 Å². The van der Waals surface area contributed by atoms with Crippen LogP contribution >= 0.6 is 23.4 Å². The Morgan fingerprint density at radius 1 is 1.32 bits per heavy atom. The molecule has 1 heterocycles. The van der Waals surface area contributed by atoms with Gasteiger partial charge in [-0.15, -0.1) is 0 Å². The molecule has 1 saturated heterocycles. The van der Waals surface area contributed by atoms with Crippen molar-refractivity contribution in [1.29, 1.82) is 0 Å². The van der Waals surface area contributed by atoms with Gasteiger partial charge in [-0.25, -0.2) is 8.78 Å². The lowest BCUT2D eigenvalue weighted by molar-refractivity contribution is -0.220. The smallest absolute Gasteiger partial charge is 0.226 e. The van der Waals surface area contributed by atoms with Crippen molar-refractivity contribution >= 4 is 39.9 Å². The summed E-state index contributed by atoms with van der Waals surface area (Å²) in [5.74, 6) is -1.28. The number of anilines is 1. The SMILES string of the molecule is C[C@]12C=CC(=O)C=C1CC[C@H]1[C@@H]3C[C@H]4CN(c5cccc(Cl)c5)O[C@@]4(C(=O)SCF)[C@@]3(C)C[C@H](O)[C@@]12F. The van der Waals surface area contributed by atoms with E-state index in [2.05, 4.69) is 0 Å². The summed E-state index contributed by atoms with van der Waals surface area (Å²) >= 11 is 6.79. The molecule has 5 nitrogen and oxygen atoms in total. The second kappa shape index (κ2) is 8.38. The van der Waals surface area contributed by atoms with Gasteiger partial charge in [0.15, 0.2) is 17.1 Å². The summed E-state index contributed by atoms with van der Waals surface area (Å²) in [4.78, 5) is 32.4. The van der Waals surface area contributed by atoms with E-state index in [0.717, 1.165) is 0 Å². The molecule has 0 unspecified atom stereocenters. The molecule has 1 aliphatic heterocycles. The normalized spacial score (nSPS) is 44.1. The van der Waals surface area contributed by atoms with Gasteiger partial charge < -0.3 is 5.11 Å². The van der Waals surface area contributed by atoms with Gasteiger partial charge in [0.2, 0.25) is 5.12 Å². The van der Waals surface area contributed by atoms with E-state index in [1.54, 1.807) is 36.3 Å². The van der Waals surface area contributed by atoms with Gasteiger partial charge in [-0.3, -0.25) is 19.5 Å². The van der Waals surface area contributed by atoms with Crippen molar-refractivity contribution in [3.8, 4) is 0 Å². The van der Waals surface area contributed by atoms with Gasteiger partial charge in [-0.1, -0.05) is 48.0 Å². The van der Waals surface area contributed by atoms with Crippen molar-refractivity contribution in [3.05, 3.63) is 53.1 Å². The number of hydrogen-bond donors (Lipinski definition) is 1. The van der Waals surface area contributed by atoms with Gasteiger partial charge in [-0.05, 0) is 68.9 Å². The molecule has 9 heteroatoms. The van der Waals surface area contributed by atoms with Crippen LogP contribution in [0.1, 0.15) is 39.5 Å². The van der Waals surface area contributed by atoms with Crippen LogP contribution in [-0.2, 0) is 14.4 Å². The Morgan fingerprint density at radius 2 is 2.11 bits per heavy atom. The van der Waals surface area contributed by atoms with Crippen LogP contribution in [0.15, 0.2) is 48.1 Å². The van der Waals surface area contributed by atoms with Gasteiger partial charge >= 0.3 is 0 Å². The average molecular weight is 550 g/mol. The first-order chi connectivity index (χ1) is 17.5. The number of hydroxylamine groups is 1. The van der Waals surface area contributed by atoms with Crippen molar-refractivity contribution in [3.63, 3.8) is 0 Å². The number of ketones is 1. The van der Waals surface area contributed by atoms with Crippen LogP contribution in [0.4, 0.5) is 14.5 Å². The Labute approximate surface area is 224 Å². The van der Waals surface area contributed by atoms with Crippen molar-refractivity contribution in [2.24, 2.45) is 28.6 Å². The Kier molecular flexibility index (Phi) is 5.78. The summed E-state index contributed by atoms with van der Waals surface area (Å²) in [7, 11) is 0. The summed E-state index contributed by atoms with van der Waals surface area (Å²) in [6, 6.07) is 6.23. The first-order valence-electron chi connectivity index (χ1n) is 12.8. The quantitative estimate of drug-likeness (QED) is 0.528. The van der Waals surface area contributed by atoms with E-state index in [1.165, 1.54) is 12.2 Å². The van der Waals surface area contributed by atoms with Crippen LogP contribution in [0.5, 0.6) is 0 Å². The van der Waals surface area contributed by atoms with Crippen LogP contribution in [-0.4, -0.2) is 45.9 Å². The summed E-state index contributed by atoms with van der Waals surface area (Å²) < 4.78 is 31.0. The number of nitrogens with zero attached hydrogens (tertiary/aromatic N) is 1. The maximum absolute atomic E-state index is 17.4. The number of alkyl halides is 2. The summed E-state index contributed by atoms with van der Waals surface area (Å²) in [6.07, 6.45) is 4.65. The van der Waals surface area contributed by atoms with E-state index < -0.39 is 45.2 Å². The molecule has 1 aromatic rings. The lowest BCUT2D eigenvalue weighted by Crippen LogP contribution is -2.69. The number of aliphatic hydroxyl groups excluding tert-OH is 1. The fourth-order valence-corrected chi connectivity index (χ4v) is 9.47. The molecule has 8 atom stereocenters. The molecule has 4 fully saturated rings. The van der Waals surface area contributed by atoms with Crippen LogP contribution in [0.25, 0.3) is 0 Å². The molecule has 4 aliphatic carbocycles. The number of allylic oxidation sites excluding steroid dienone is 4. The Bertz CT molecular complexity index is 1240. The topological polar surface area (TPSA) is 66.8 Å². The molecule has 3 saturated carbocycles. The standard InChI is InChI=1S/C28H30ClF2NO4S/c1-25-9-8-20(33)10-16(25)6-7-21-22-11-17-14-32(19-5-3-4-18(29)12-19)36-28(17,24(35)37-15-30)26(22,2)13-23(34)27(21,25)31/h3-5,8-10,12,17,21-23,34H,6-7,11,13-15H2,1-2H3/t17-,21-,22-,23-,25-,26-,27-,28-/m0/s1. The van der Waals surface area contributed by atoms with Gasteiger partial charge in [0, 0.05) is 27.7 Å². The zero-order valence-electron chi connectivity index (χ0n) is 20.8. The van der Waals surface area contributed by atoms with Crippen molar-refractivity contribution < 1.29 is 28.3 Å². The molecule has 0 amide bonds. The number of benzene rings is 1. The third kappa shape index (κ3) is 3.16. The first kappa shape index (κ1) is 25.5. The molecular weight excluding hydrogens is 520 g/mol. The number of aliphatic hydroxyl groups is 1. The third-order valence-corrected chi connectivity index (χ3v) is 11.1. The zero-order chi connectivity index (χ0) is 26.4. The van der Waals surface area contributed by atoms with Crippen LogP contribution in [0.3, 0.4) is 0 Å². The largest absolute Gasteiger partial charge is 0.390 e. The average Bonchev–Trinajstić information content (AvgIpc) is 3.35. The number of thioether (sulfide) groups is 1. The number of hydrogen-bond acceptors (Lipinski definition) is 6. The van der Waals surface area contributed by atoms with Crippen molar-refractivity contribution in [2.75, 3.05) is 17.6 Å². The van der Waals surface area contributed by atoms with Gasteiger partial charge in [0.25, 0.3) is 0 Å². The minimum Gasteiger partial charge on any atom is -0.390 e. The van der Waals surface area contributed by atoms with Gasteiger partial charge in [0.1, 0.15) is 6.01 Å². The molecular formula is C28H30ClF2NO4S. The number of rotatable bonds is 3. The van der Waals surface area contributed by atoms with Gasteiger partial charge in [-0.2, -0.15) is 0 Å². The number of halogens is 3. The lowest BCUT2D eigenvalue weighted by Gasteiger charge is -2.62. The number of carbonyl (C=O) groups excluding carboxylic acids is 2. The van der Waals surface area contributed by atoms with E-state index >= 15 is 4.39 Å². The van der Waals surface area contributed by atoms with Crippen LogP contribution in [0.2, 0.25) is 5.02 Å². The van der Waals surface area contributed by atoms with E-state index in [1.807, 2.05) is 13.0 Å². The highest BCUT2D eigenvalue weighted by atomic mass is 35.5. The van der Waals surface area contributed by atoms with Crippen molar-refractivity contribution in [1.82, 2.24) is 0 Å². The third-order valence-electron chi connectivity index (χ3n) is 10.2. The molecule has 0 bridgehead atoms. The minimum atomic E-state index is -2.00. The highest BCUT2D eigenvalue weighted by molar-refractivity contribution is 8.13. The highest BCUT2D eigenvalue weighted by Crippen LogP contribution is 2.73. The molecule has 1 N–H and O–H groups in total. The number of fused-ring (bicyclic) bond motifs is 7. The Hall–Kier alpha value is -1.74. The fourth-order valence-electron chi connectivity index (χ4n) is 8.54. The second-order valence-corrected chi connectivity index (χ2v) is 12.9. The van der Waals surface area contributed by atoms with E-state index in [4.69, 9.17) is 16.4 Å². The molecule has 0 spiro atoms. The van der Waals surface area contributed by atoms with Crippen LogP contribution in [0, 0.1) is 28.6 Å². The number of carbonyl (C=O) groups is 2. The zero-order valence-corrected chi connectivity index (χ0v) is 22.3. The molecule has 37 heavy (non-hydrogen) atoms. The predicted molar refractivity (Wildman–Crippen MR) is 138 cm³/mol. The van der Waals surface area contributed by atoms with Gasteiger partial charge in [0.05, 0.1) is 18.3 Å². The second-order valence-electron chi connectivity index (χ2n) is 11.6. The maximum atomic E-state index is 17.4. The molecule has 5 aliphatic rings. The molecule has 198 valence electrons. The Morgan fingerprint density at radius 3 is 2.84 bits per heavy atom. The summed E-state index contributed by atoms with van der Waals surface area (Å²) in [6.45, 7) is 4.06. The predicted octanol–water partition coefficient (Wildman–Crippen LogP) is 5.61. The highest BCUT2D eigenvalue weighted by Gasteiger charge is 2.79. The monoisotopic (exact) mass is 549 g/mol. The minimum absolute atomic E-state index is 0.00616. The lowest BCUT2D eigenvalue weighted by atomic mass is 9.45. The summed E-state index contributed by atoms with van der Waals surface area (Å²) in [5, 5.41) is 13.4. The first-order valence-corrected chi connectivity index (χ1v) is 14.1.